The normalized spacial score (nSPS) is 15.3. The largest absolute Gasteiger partial charge is 0.396 e. The molecule has 132 valence electrons. The van der Waals surface area contributed by atoms with Crippen molar-refractivity contribution in [3.8, 4) is 11.1 Å². The summed E-state index contributed by atoms with van der Waals surface area (Å²) in [5.74, 6) is 0.0911. The summed E-state index contributed by atoms with van der Waals surface area (Å²) >= 11 is 0. The number of piperidine rings is 1. The highest BCUT2D eigenvalue weighted by Crippen LogP contribution is 2.21. The summed E-state index contributed by atoms with van der Waals surface area (Å²) in [4.78, 5) is 14.6. The first-order chi connectivity index (χ1) is 12.3. The van der Waals surface area contributed by atoms with Crippen molar-refractivity contribution < 1.29 is 14.6 Å². The van der Waals surface area contributed by atoms with E-state index in [0.29, 0.717) is 13.0 Å². The fraction of sp³-hybridized carbons (Fsp3) is 0.381. The third kappa shape index (κ3) is 4.68. The first-order valence-electron chi connectivity index (χ1n) is 8.95. The van der Waals surface area contributed by atoms with Gasteiger partial charge in [-0.2, -0.15) is 0 Å². The number of nitrogens with zero attached hydrogens (tertiary/aromatic N) is 1. The lowest BCUT2D eigenvalue weighted by Crippen LogP contribution is -2.41. The van der Waals surface area contributed by atoms with Gasteiger partial charge in [-0.1, -0.05) is 42.5 Å². The molecule has 0 unspecified atom stereocenters. The van der Waals surface area contributed by atoms with Crippen LogP contribution in [0.5, 0.6) is 0 Å². The second-order valence-electron chi connectivity index (χ2n) is 6.38. The summed E-state index contributed by atoms with van der Waals surface area (Å²) in [5, 5.41) is 8.80. The molecule has 0 spiro atoms. The van der Waals surface area contributed by atoms with Gasteiger partial charge in [0, 0.05) is 31.9 Å². The molecule has 0 aromatic heterocycles. The SMILES string of the molecule is O=C(c1ccc(-c2ccccc2)cc1)N1CCC(OCCCO)CC1. The number of aliphatic hydroxyl groups excluding tert-OH is 1. The van der Waals surface area contributed by atoms with Gasteiger partial charge in [0.25, 0.3) is 5.91 Å². The van der Waals surface area contributed by atoms with Crippen LogP contribution in [-0.4, -0.2) is 48.3 Å². The van der Waals surface area contributed by atoms with Gasteiger partial charge in [0.1, 0.15) is 0 Å². The molecule has 2 aromatic carbocycles. The molecule has 1 saturated heterocycles. The minimum atomic E-state index is 0.0911. The average Bonchev–Trinajstić information content (AvgIpc) is 2.69. The van der Waals surface area contributed by atoms with E-state index in [1.807, 2.05) is 47.4 Å². The van der Waals surface area contributed by atoms with Crippen molar-refractivity contribution in [2.45, 2.75) is 25.4 Å². The van der Waals surface area contributed by atoms with Crippen LogP contribution in [0.2, 0.25) is 0 Å². The maximum atomic E-state index is 12.7. The Morgan fingerprint density at radius 2 is 1.64 bits per heavy atom. The second kappa shape index (κ2) is 8.79. The number of aliphatic hydroxyl groups is 1. The number of carbonyl (C=O) groups is 1. The molecule has 1 fully saturated rings. The van der Waals surface area contributed by atoms with Gasteiger partial charge in [-0.15, -0.1) is 0 Å². The van der Waals surface area contributed by atoms with Crippen LogP contribution >= 0.6 is 0 Å². The van der Waals surface area contributed by atoms with E-state index in [0.717, 1.165) is 42.6 Å². The Morgan fingerprint density at radius 1 is 1.00 bits per heavy atom. The van der Waals surface area contributed by atoms with E-state index in [1.165, 1.54) is 0 Å². The molecule has 0 atom stereocenters. The smallest absolute Gasteiger partial charge is 0.253 e. The number of rotatable bonds is 6. The van der Waals surface area contributed by atoms with Gasteiger partial charge in [-0.3, -0.25) is 4.79 Å². The van der Waals surface area contributed by atoms with Crippen LogP contribution in [0.4, 0.5) is 0 Å². The van der Waals surface area contributed by atoms with E-state index in [9.17, 15) is 4.79 Å². The molecule has 0 aliphatic carbocycles. The molecular weight excluding hydrogens is 314 g/mol. The van der Waals surface area contributed by atoms with Crippen molar-refractivity contribution in [1.82, 2.24) is 4.90 Å². The lowest BCUT2D eigenvalue weighted by Gasteiger charge is -2.32. The predicted molar refractivity (Wildman–Crippen MR) is 98.5 cm³/mol. The highest BCUT2D eigenvalue weighted by molar-refractivity contribution is 5.94. The van der Waals surface area contributed by atoms with Gasteiger partial charge in [-0.05, 0) is 42.5 Å². The van der Waals surface area contributed by atoms with E-state index in [2.05, 4.69) is 12.1 Å². The molecule has 1 amide bonds. The van der Waals surface area contributed by atoms with Crippen LogP contribution in [-0.2, 0) is 4.74 Å². The zero-order valence-corrected chi connectivity index (χ0v) is 14.4. The molecule has 3 rings (SSSR count). The zero-order valence-electron chi connectivity index (χ0n) is 14.4. The Labute approximate surface area is 149 Å². The maximum absolute atomic E-state index is 12.7. The Kier molecular flexibility index (Phi) is 6.20. The summed E-state index contributed by atoms with van der Waals surface area (Å²) in [5.41, 5.74) is 3.01. The van der Waals surface area contributed by atoms with Gasteiger partial charge < -0.3 is 14.7 Å². The van der Waals surface area contributed by atoms with E-state index in [-0.39, 0.29) is 18.6 Å². The zero-order chi connectivity index (χ0) is 17.5. The average molecular weight is 339 g/mol. The van der Waals surface area contributed by atoms with Gasteiger partial charge >= 0.3 is 0 Å². The van der Waals surface area contributed by atoms with Crippen LogP contribution in [0.3, 0.4) is 0 Å². The van der Waals surface area contributed by atoms with Gasteiger partial charge in [0.2, 0.25) is 0 Å². The molecule has 1 aliphatic heterocycles. The van der Waals surface area contributed by atoms with Gasteiger partial charge in [0.15, 0.2) is 0 Å². The van der Waals surface area contributed by atoms with Crippen molar-refractivity contribution in [1.29, 1.82) is 0 Å². The van der Waals surface area contributed by atoms with E-state index >= 15 is 0 Å². The molecule has 0 saturated carbocycles. The highest BCUT2D eigenvalue weighted by Gasteiger charge is 2.23. The number of carbonyl (C=O) groups excluding carboxylic acids is 1. The Morgan fingerprint density at radius 3 is 2.28 bits per heavy atom. The number of hydrogen-bond acceptors (Lipinski definition) is 3. The second-order valence-corrected chi connectivity index (χ2v) is 6.38. The summed E-state index contributed by atoms with van der Waals surface area (Å²) < 4.78 is 5.72. The topological polar surface area (TPSA) is 49.8 Å². The van der Waals surface area contributed by atoms with E-state index < -0.39 is 0 Å². The van der Waals surface area contributed by atoms with E-state index in [4.69, 9.17) is 9.84 Å². The number of amides is 1. The van der Waals surface area contributed by atoms with Crippen LogP contribution in [0, 0.1) is 0 Å². The van der Waals surface area contributed by atoms with Crippen LogP contribution in [0.25, 0.3) is 11.1 Å². The minimum absolute atomic E-state index is 0.0911. The van der Waals surface area contributed by atoms with Gasteiger partial charge in [0.05, 0.1) is 6.10 Å². The molecule has 4 heteroatoms. The minimum Gasteiger partial charge on any atom is -0.396 e. The Balaban J connectivity index is 1.55. The number of likely N-dealkylation sites (tertiary alicyclic amines) is 1. The summed E-state index contributed by atoms with van der Waals surface area (Å²) in [6, 6.07) is 18.0. The molecule has 1 N–H and O–H groups in total. The first-order valence-corrected chi connectivity index (χ1v) is 8.95. The number of benzene rings is 2. The predicted octanol–water partition coefficient (Wildman–Crippen LogP) is 3.36. The molecule has 1 heterocycles. The van der Waals surface area contributed by atoms with Crippen molar-refractivity contribution >= 4 is 5.91 Å². The van der Waals surface area contributed by atoms with Crippen LogP contribution < -0.4 is 0 Å². The number of ether oxygens (including phenoxy) is 1. The molecule has 0 bridgehead atoms. The Hall–Kier alpha value is -2.17. The van der Waals surface area contributed by atoms with Crippen molar-refractivity contribution in [2.24, 2.45) is 0 Å². The molecule has 2 aromatic rings. The fourth-order valence-corrected chi connectivity index (χ4v) is 3.16. The maximum Gasteiger partial charge on any atom is 0.253 e. The summed E-state index contributed by atoms with van der Waals surface area (Å²) in [6.07, 6.45) is 2.60. The fourth-order valence-electron chi connectivity index (χ4n) is 3.16. The quantitative estimate of drug-likeness (QED) is 0.821. The molecule has 4 nitrogen and oxygen atoms in total. The third-order valence-electron chi connectivity index (χ3n) is 4.62. The third-order valence-corrected chi connectivity index (χ3v) is 4.62. The Bertz CT molecular complexity index is 661. The lowest BCUT2D eigenvalue weighted by molar-refractivity contribution is 0.00398. The lowest BCUT2D eigenvalue weighted by atomic mass is 10.0. The summed E-state index contributed by atoms with van der Waals surface area (Å²) in [6.45, 7) is 2.21. The van der Waals surface area contributed by atoms with Crippen LogP contribution in [0.1, 0.15) is 29.6 Å². The van der Waals surface area contributed by atoms with Crippen molar-refractivity contribution in [3.63, 3.8) is 0 Å². The van der Waals surface area contributed by atoms with Gasteiger partial charge in [-0.25, -0.2) is 0 Å². The summed E-state index contributed by atoms with van der Waals surface area (Å²) in [7, 11) is 0. The van der Waals surface area contributed by atoms with E-state index in [1.54, 1.807) is 0 Å². The molecule has 25 heavy (non-hydrogen) atoms. The molecule has 0 radical (unpaired) electrons. The number of hydrogen-bond donors (Lipinski definition) is 1. The molecule has 1 aliphatic rings. The molecular formula is C21H25NO3. The monoisotopic (exact) mass is 339 g/mol. The van der Waals surface area contributed by atoms with Crippen molar-refractivity contribution in [3.05, 3.63) is 60.2 Å². The first kappa shape index (κ1) is 17.6. The standard InChI is InChI=1S/C21H25NO3/c23-15-4-16-25-20-11-13-22(14-12-20)21(24)19-9-7-18(8-10-19)17-5-2-1-3-6-17/h1-3,5-10,20,23H,4,11-16H2. The highest BCUT2D eigenvalue weighted by atomic mass is 16.5. The van der Waals surface area contributed by atoms with Crippen molar-refractivity contribution in [2.75, 3.05) is 26.3 Å². The van der Waals surface area contributed by atoms with Crippen LogP contribution in [0.15, 0.2) is 54.6 Å².